The van der Waals surface area contributed by atoms with E-state index >= 15 is 0 Å². The van der Waals surface area contributed by atoms with Crippen molar-refractivity contribution in [2.24, 2.45) is 11.7 Å². The van der Waals surface area contributed by atoms with E-state index in [-0.39, 0.29) is 5.69 Å². The molecule has 1 aliphatic rings. The van der Waals surface area contributed by atoms with Crippen LogP contribution in [-0.4, -0.2) is 0 Å². The van der Waals surface area contributed by atoms with Gasteiger partial charge in [0.1, 0.15) is 5.82 Å². The summed E-state index contributed by atoms with van der Waals surface area (Å²) in [5, 5.41) is 0. The van der Waals surface area contributed by atoms with E-state index in [2.05, 4.69) is 0 Å². The first kappa shape index (κ1) is 14.1. The minimum absolute atomic E-state index is 0.157. The summed E-state index contributed by atoms with van der Waals surface area (Å²) in [5.41, 5.74) is 14.0. The summed E-state index contributed by atoms with van der Waals surface area (Å²) in [7, 11) is 0. The zero-order valence-electron chi connectivity index (χ0n) is 12.1. The zero-order valence-corrected chi connectivity index (χ0v) is 12.1. The first-order chi connectivity index (χ1) is 10.1. The molecule has 3 rings (SSSR count). The van der Waals surface area contributed by atoms with Gasteiger partial charge >= 0.3 is 0 Å². The summed E-state index contributed by atoms with van der Waals surface area (Å²) in [4.78, 5) is 0. The van der Waals surface area contributed by atoms with Crippen LogP contribution in [0.3, 0.4) is 0 Å². The Bertz CT molecular complexity index is 622. The van der Waals surface area contributed by atoms with Crippen molar-refractivity contribution in [3.8, 4) is 0 Å². The van der Waals surface area contributed by atoms with Gasteiger partial charge in [-0.25, -0.2) is 4.39 Å². The number of hydrogen-bond donors (Lipinski definition) is 2. The van der Waals surface area contributed by atoms with E-state index in [0.717, 1.165) is 29.9 Å². The van der Waals surface area contributed by atoms with Gasteiger partial charge < -0.3 is 11.5 Å². The number of hydrogen-bond acceptors (Lipinski definition) is 2. The predicted molar refractivity (Wildman–Crippen MR) is 84.2 cm³/mol. The average Bonchev–Trinajstić information content (AvgIpc) is 3.33. The van der Waals surface area contributed by atoms with Crippen molar-refractivity contribution in [3.05, 3.63) is 65.5 Å². The molecule has 0 spiro atoms. The molecule has 0 saturated heterocycles. The second-order valence-electron chi connectivity index (χ2n) is 6.06. The van der Waals surface area contributed by atoms with Crippen LogP contribution in [-0.2, 0) is 5.54 Å². The van der Waals surface area contributed by atoms with Crippen molar-refractivity contribution < 1.29 is 4.39 Å². The molecule has 3 heteroatoms. The van der Waals surface area contributed by atoms with Crippen LogP contribution in [0.5, 0.6) is 0 Å². The Hall–Kier alpha value is -1.87. The molecule has 2 nitrogen and oxygen atoms in total. The molecule has 4 N–H and O–H groups in total. The highest BCUT2D eigenvalue weighted by atomic mass is 19.1. The van der Waals surface area contributed by atoms with E-state index in [9.17, 15) is 4.39 Å². The van der Waals surface area contributed by atoms with Gasteiger partial charge in [0.05, 0.1) is 11.2 Å². The summed E-state index contributed by atoms with van der Waals surface area (Å²) in [6, 6.07) is 14.9. The fourth-order valence-electron chi connectivity index (χ4n) is 2.85. The van der Waals surface area contributed by atoms with Crippen molar-refractivity contribution >= 4 is 5.69 Å². The Morgan fingerprint density at radius 1 is 1.05 bits per heavy atom. The number of halogens is 1. The Morgan fingerprint density at radius 2 is 1.76 bits per heavy atom. The molecule has 1 aliphatic carbocycles. The van der Waals surface area contributed by atoms with Crippen LogP contribution in [0.25, 0.3) is 0 Å². The van der Waals surface area contributed by atoms with Crippen molar-refractivity contribution in [2.45, 2.75) is 31.2 Å². The molecule has 21 heavy (non-hydrogen) atoms. The van der Waals surface area contributed by atoms with E-state index in [4.69, 9.17) is 11.5 Å². The second-order valence-corrected chi connectivity index (χ2v) is 6.06. The smallest absolute Gasteiger partial charge is 0.146 e. The monoisotopic (exact) mass is 284 g/mol. The molecule has 0 heterocycles. The van der Waals surface area contributed by atoms with E-state index in [0.29, 0.717) is 0 Å². The lowest BCUT2D eigenvalue weighted by molar-refractivity contribution is 0.454. The van der Waals surface area contributed by atoms with Gasteiger partial charge in [-0.2, -0.15) is 0 Å². The third-order valence-electron chi connectivity index (χ3n) is 4.44. The number of nitrogen functional groups attached to an aromatic ring is 1. The molecule has 2 aromatic rings. The minimum Gasteiger partial charge on any atom is -0.396 e. The van der Waals surface area contributed by atoms with Gasteiger partial charge in [-0.1, -0.05) is 49.2 Å². The van der Waals surface area contributed by atoms with Crippen LogP contribution in [0.2, 0.25) is 0 Å². The number of rotatable bonds is 5. The summed E-state index contributed by atoms with van der Waals surface area (Å²) in [6.45, 7) is 0. The van der Waals surface area contributed by atoms with Gasteiger partial charge in [-0.05, 0) is 42.0 Å². The first-order valence-electron chi connectivity index (χ1n) is 7.49. The average molecular weight is 284 g/mol. The molecule has 0 bridgehead atoms. The molecule has 1 fully saturated rings. The van der Waals surface area contributed by atoms with E-state index in [1.165, 1.54) is 18.9 Å². The Balaban J connectivity index is 1.99. The van der Waals surface area contributed by atoms with Gasteiger partial charge in [-0.15, -0.1) is 0 Å². The molecule has 1 atom stereocenters. The molecule has 1 unspecified atom stereocenters. The molecule has 110 valence electrons. The SMILES string of the molecule is Nc1cc(C(N)(CCC2CC2)c2ccccc2)ccc1F. The number of benzene rings is 2. The van der Waals surface area contributed by atoms with Crippen LogP contribution in [0, 0.1) is 11.7 Å². The lowest BCUT2D eigenvalue weighted by Gasteiger charge is -2.31. The van der Waals surface area contributed by atoms with Gasteiger partial charge in [0.2, 0.25) is 0 Å². The van der Waals surface area contributed by atoms with Crippen LogP contribution >= 0.6 is 0 Å². The number of anilines is 1. The highest BCUT2D eigenvalue weighted by Crippen LogP contribution is 2.40. The molecule has 0 radical (unpaired) electrons. The third kappa shape index (κ3) is 2.93. The standard InChI is InChI=1S/C18H21FN2/c19-16-9-8-15(12-17(16)20)18(21,11-10-13-6-7-13)14-4-2-1-3-5-14/h1-5,8-9,12-13H,6-7,10-11,20-21H2. The van der Waals surface area contributed by atoms with Gasteiger partial charge in [0.25, 0.3) is 0 Å². The molecular weight excluding hydrogens is 263 g/mol. The first-order valence-corrected chi connectivity index (χ1v) is 7.49. The summed E-state index contributed by atoms with van der Waals surface area (Å²) in [6.07, 6.45) is 4.56. The minimum atomic E-state index is -0.605. The Labute approximate surface area is 125 Å². The van der Waals surface area contributed by atoms with Gasteiger partial charge in [-0.3, -0.25) is 0 Å². The van der Waals surface area contributed by atoms with Crippen LogP contribution in [0.4, 0.5) is 10.1 Å². The lowest BCUT2D eigenvalue weighted by atomic mass is 9.79. The second kappa shape index (κ2) is 5.49. The fraction of sp³-hybridized carbons (Fsp3) is 0.333. The maximum Gasteiger partial charge on any atom is 0.146 e. The number of nitrogens with two attached hydrogens (primary N) is 2. The van der Waals surface area contributed by atoms with E-state index in [1.807, 2.05) is 30.3 Å². The largest absolute Gasteiger partial charge is 0.396 e. The lowest BCUT2D eigenvalue weighted by Crippen LogP contribution is -2.38. The quantitative estimate of drug-likeness (QED) is 0.820. The molecule has 0 aliphatic heterocycles. The maximum atomic E-state index is 13.4. The van der Waals surface area contributed by atoms with Crippen molar-refractivity contribution in [3.63, 3.8) is 0 Å². The molecule has 0 aromatic heterocycles. The van der Waals surface area contributed by atoms with Crippen LogP contribution < -0.4 is 11.5 Å². The molecular formula is C18H21FN2. The highest BCUT2D eigenvalue weighted by Gasteiger charge is 2.33. The van der Waals surface area contributed by atoms with Crippen LogP contribution in [0.15, 0.2) is 48.5 Å². The molecule has 0 amide bonds. The zero-order chi connectivity index (χ0) is 14.9. The van der Waals surface area contributed by atoms with Crippen molar-refractivity contribution in [2.75, 3.05) is 5.73 Å². The van der Waals surface area contributed by atoms with Crippen molar-refractivity contribution in [1.82, 2.24) is 0 Å². The summed E-state index contributed by atoms with van der Waals surface area (Å²) in [5.74, 6) is 0.408. The molecule has 1 saturated carbocycles. The predicted octanol–water partition coefficient (Wildman–Crippen LogP) is 3.80. The Kier molecular flexibility index (Phi) is 3.68. The third-order valence-corrected chi connectivity index (χ3v) is 4.44. The van der Waals surface area contributed by atoms with E-state index < -0.39 is 11.4 Å². The summed E-state index contributed by atoms with van der Waals surface area (Å²) >= 11 is 0. The Morgan fingerprint density at radius 3 is 2.38 bits per heavy atom. The topological polar surface area (TPSA) is 52.0 Å². The van der Waals surface area contributed by atoms with Crippen LogP contribution in [0.1, 0.15) is 36.8 Å². The highest BCUT2D eigenvalue weighted by molar-refractivity contribution is 5.48. The van der Waals surface area contributed by atoms with E-state index in [1.54, 1.807) is 12.1 Å². The molecule has 2 aromatic carbocycles. The maximum absolute atomic E-state index is 13.4. The van der Waals surface area contributed by atoms with Gasteiger partial charge in [0, 0.05) is 0 Å². The van der Waals surface area contributed by atoms with Crippen molar-refractivity contribution in [1.29, 1.82) is 0 Å². The van der Waals surface area contributed by atoms with Gasteiger partial charge in [0.15, 0.2) is 0 Å². The fourth-order valence-corrected chi connectivity index (χ4v) is 2.85. The summed E-state index contributed by atoms with van der Waals surface area (Å²) < 4.78 is 13.4. The normalized spacial score (nSPS) is 17.4.